The molecule has 0 saturated heterocycles. The Bertz CT molecular complexity index is 361. The summed E-state index contributed by atoms with van der Waals surface area (Å²) < 4.78 is 4.93. The molecule has 0 spiro atoms. The number of aromatic nitrogens is 3. The van der Waals surface area contributed by atoms with Gasteiger partial charge in [-0.3, -0.25) is 4.79 Å². The van der Waals surface area contributed by atoms with Gasteiger partial charge in [-0.15, -0.1) is 0 Å². The lowest BCUT2D eigenvalue weighted by Gasteiger charge is -2.07. The summed E-state index contributed by atoms with van der Waals surface area (Å²) in [4.78, 5) is 22.6. The van der Waals surface area contributed by atoms with E-state index in [-0.39, 0.29) is 11.9 Å². The number of ether oxygens (including phenoxy) is 1. The number of nitrogens with two attached hydrogens (primary N) is 1. The smallest absolute Gasteiger partial charge is 0.322 e. The Labute approximate surface area is 99.0 Å². The SMILES string of the molecule is CNc1nc(NCCCC(N)=O)nc(OC)n1. The van der Waals surface area contributed by atoms with E-state index in [9.17, 15) is 4.79 Å². The van der Waals surface area contributed by atoms with E-state index in [1.807, 2.05) is 0 Å². The van der Waals surface area contributed by atoms with Crippen LogP contribution < -0.4 is 21.1 Å². The van der Waals surface area contributed by atoms with Gasteiger partial charge in [-0.25, -0.2) is 0 Å². The number of primary amides is 1. The Kier molecular flexibility index (Phi) is 4.92. The Hall–Kier alpha value is -2.12. The summed E-state index contributed by atoms with van der Waals surface area (Å²) in [6, 6.07) is 0.224. The molecule has 0 aromatic carbocycles. The van der Waals surface area contributed by atoms with Crippen LogP contribution in [0, 0.1) is 0 Å². The summed E-state index contributed by atoms with van der Waals surface area (Å²) in [6.45, 7) is 0.555. The Morgan fingerprint density at radius 3 is 2.65 bits per heavy atom. The van der Waals surface area contributed by atoms with Crippen molar-refractivity contribution in [3.8, 4) is 6.01 Å². The average molecular weight is 240 g/mol. The second-order valence-electron chi connectivity index (χ2n) is 3.22. The highest BCUT2D eigenvalue weighted by Crippen LogP contribution is 2.09. The molecule has 1 aromatic rings. The maximum absolute atomic E-state index is 10.5. The summed E-state index contributed by atoms with van der Waals surface area (Å²) in [7, 11) is 3.18. The summed E-state index contributed by atoms with van der Waals surface area (Å²) in [5, 5.41) is 5.75. The lowest BCUT2D eigenvalue weighted by molar-refractivity contribution is -0.118. The maximum Gasteiger partial charge on any atom is 0.322 e. The molecule has 0 aliphatic rings. The molecule has 94 valence electrons. The van der Waals surface area contributed by atoms with Crippen molar-refractivity contribution in [2.24, 2.45) is 5.73 Å². The second-order valence-corrected chi connectivity index (χ2v) is 3.22. The quantitative estimate of drug-likeness (QED) is 0.555. The van der Waals surface area contributed by atoms with Crippen molar-refractivity contribution in [1.29, 1.82) is 0 Å². The molecule has 0 fully saturated rings. The number of carbonyl (C=O) groups is 1. The molecule has 1 heterocycles. The van der Waals surface area contributed by atoms with E-state index in [4.69, 9.17) is 10.5 Å². The number of anilines is 2. The van der Waals surface area contributed by atoms with Gasteiger partial charge >= 0.3 is 6.01 Å². The summed E-state index contributed by atoms with van der Waals surface area (Å²) in [5.41, 5.74) is 5.03. The first-order valence-corrected chi connectivity index (χ1v) is 5.15. The molecule has 8 nitrogen and oxygen atoms in total. The number of nitrogens with one attached hydrogen (secondary N) is 2. The first-order valence-electron chi connectivity index (χ1n) is 5.15. The van der Waals surface area contributed by atoms with E-state index in [1.54, 1.807) is 7.05 Å². The van der Waals surface area contributed by atoms with Crippen molar-refractivity contribution in [2.45, 2.75) is 12.8 Å². The molecule has 1 rings (SSSR count). The number of hydrogen-bond acceptors (Lipinski definition) is 7. The highest BCUT2D eigenvalue weighted by atomic mass is 16.5. The van der Waals surface area contributed by atoms with Gasteiger partial charge in [0.25, 0.3) is 0 Å². The number of hydrogen-bond donors (Lipinski definition) is 3. The topological polar surface area (TPSA) is 115 Å². The highest BCUT2D eigenvalue weighted by Gasteiger charge is 2.05. The van der Waals surface area contributed by atoms with Gasteiger partial charge in [-0.2, -0.15) is 15.0 Å². The zero-order chi connectivity index (χ0) is 12.7. The van der Waals surface area contributed by atoms with E-state index >= 15 is 0 Å². The fourth-order valence-electron chi connectivity index (χ4n) is 1.10. The molecule has 17 heavy (non-hydrogen) atoms. The van der Waals surface area contributed by atoms with Crippen LogP contribution in [-0.2, 0) is 4.79 Å². The molecule has 0 saturated carbocycles. The third kappa shape index (κ3) is 4.49. The molecule has 0 atom stereocenters. The number of nitrogens with zero attached hydrogens (tertiary/aromatic N) is 3. The number of rotatable bonds is 7. The van der Waals surface area contributed by atoms with Crippen molar-refractivity contribution >= 4 is 17.8 Å². The first kappa shape index (κ1) is 12.9. The lowest BCUT2D eigenvalue weighted by atomic mass is 10.3. The molecular formula is C9H16N6O2. The van der Waals surface area contributed by atoms with Crippen LogP contribution >= 0.6 is 0 Å². The molecule has 4 N–H and O–H groups in total. The highest BCUT2D eigenvalue weighted by molar-refractivity contribution is 5.73. The van der Waals surface area contributed by atoms with Crippen LogP contribution in [0.4, 0.5) is 11.9 Å². The second kappa shape index (κ2) is 6.46. The fraction of sp³-hybridized carbons (Fsp3) is 0.556. The van der Waals surface area contributed by atoms with E-state index in [2.05, 4.69) is 25.6 Å². The fourth-order valence-corrected chi connectivity index (χ4v) is 1.10. The largest absolute Gasteiger partial charge is 0.467 e. The maximum atomic E-state index is 10.5. The van der Waals surface area contributed by atoms with Gasteiger partial charge < -0.3 is 21.1 Å². The predicted molar refractivity (Wildman–Crippen MR) is 62.8 cm³/mol. The molecule has 0 aliphatic heterocycles. The number of methoxy groups -OCH3 is 1. The minimum atomic E-state index is -0.323. The van der Waals surface area contributed by atoms with Crippen LogP contribution in [0.1, 0.15) is 12.8 Å². The molecule has 1 aromatic heterocycles. The van der Waals surface area contributed by atoms with Crippen molar-refractivity contribution in [3.05, 3.63) is 0 Å². The molecule has 0 aliphatic carbocycles. The van der Waals surface area contributed by atoms with Crippen molar-refractivity contribution < 1.29 is 9.53 Å². The van der Waals surface area contributed by atoms with E-state index in [1.165, 1.54) is 7.11 Å². The van der Waals surface area contributed by atoms with Crippen molar-refractivity contribution in [2.75, 3.05) is 31.3 Å². The molecular weight excluding hydrogens is 224 g/mol. The third-order valence-corrected chi connectivity index (χ3v) is 1.90. The van der Waals surface area contributed by atoms with Crippen LogP contribution in [0.3, 0.4) is 0 Å². The molecule has 8 heteroatoms. The van der Waals surface area contributed by atoms with Gasteiger partial charge in [0.05, 0.1) is 7.11 Å². The zero-order valence-corrected chi connectivity index (χ0v) is 9.86. The van der Waals surface area contributed by atoms with Gasteiger partial charge in [-0.1, -0.05) is 0 Å². The van der Waals surface area contributed by atoms with Crippen LogP contribution in [0.25, 0.3) is 0 Å². The van der Waals surface area contributed by atoms with Gasteiger partial charge in [0.1, 0.15) is 0 Å². The Morgan fingerprint density at radius 2 is 2.06 bits per heavy atom. The standard InChI is InChI=1S/C9H16N6O2/c1-11-7-13-8(15-9(14-7)17-2)12-5-3-4-6(10)16/h3-5H2,1-2H3,(H2,10,16)(H2,11,12,13,14,15). The van der Waals surface area contributed by atoms with Crippen LogP contribution in [-0.4, -0.2) is 41.6 Å². The van der Waals surface area contributed by atoms with Crippen LogP contribution in [0.15, 0.2) is 0 Å². The lowest BCUT2D eigenvalue weighted by Crippen LogP contribution is -2.14. The zero-order valence-electron chi connectivity index (χ0n) is 9.86. The molecule has 0 bridgehead atoms. The normalized spacial score (nSPS) is 9.76. The van der Waals surface area contributed by atoms with E-state index in [0.29, 0.717) is 31.3 Å². The van der Waals surface area contributed by atoms with E-state index in [0.717, 1.165) is 0 Å². The molecule has 0 radical (unpaired) electrons. The number of amides is 1. The van der Waals surface area contributed by atoms with Gasteiger partial charge in [0.2, 0.25) is 17.8 Å². The predicted octanol–water partition coefficient (Wildman–Crippen LogP) is -0.401. The summed E-state index contributed by atoms with van der Waals surface area (Å²) in [5.74, 6) is 0.482. The first-order chi connectivity index (χ1) is 8.15. The van der Waals surface area contributed by atoms with Gasteiger partial charge in [0.15, 0.2) is 0 Å². The average Bonchev–Trinajstić information content (AvgIpc) is 2.34. The van der Waals surface area contributed by atoms with Gasteiger partial charge in [0, 0.05) is 20.0 Å². The molecule has 1 amide bonds. The monoisotopic (exact) mass is 240 g/mol. The van der Waals surface area contributed by atoms with Crippen molar-refractivity contribution in [1.82, 2.24) is 15.0 Å². The summed E-state index contributed by atoms with van der Waals surface area (Å²) in [6.07, 6.45) is 0.951. The van der Waals surface area contributed by atoms with Crippen molar-refractivity contribution in [3.63, 3.8) is 0 Å². The van der Waals surface area contributed by atoms with Crippen LogP contribution in [0.2, 0.25) is 0 Å². The van der Waals surface area contributed by atoms with Gasteiger partial charge in [-0.05, 0) is 6.42 Å². The number of carbonyl (C=O) groups excluding carboxylic acids is 1. The van der Waals surface area contributed by atoms with Crippen LogP contribution in [0.5, 0.6) is 6.01 Å². The van der Waals surface area contributed by atoms with E-state index < -0.39 is 0 Å². The third-order valence-electron chi connectivity index (χ3n) is 1.90. The molecule has 0 unspecified atom stereocenters. The summed E-state index contributed by atoms with van der Waals surface area (Å²) >= 11 is 0. The Balaban J connectivity index is 2.54. The Morgan fingerprint density at radius 1 is 1.35 bits per heavy atom. The minimum absolute atomic E-state index is 0.224. The minimum Gasteiger partial charge on any atom is -0.467 e.